The highest BCUT2D eigenvalue weighted by Crippen LogP contribution is 2.38. The Kier molecular flexibility index (Phi) is 2.84. The minimum absolute atomic E-state index is 0.657. The van der Waals surface area contributed by atoms with Crippen molar-refractivity contribution < 1.29 is 5.84 Å². The average Bonchev–Trinajstić information content (AvgIpc) is 2.03. The van der Waals surface area contributed by atoms with Crippen molar-refractivity contribution in [3.8, 4) is 0 Å². The Morgan fingerprint density at radius 1 is 1.31 bits per heavy atom. The van der Waals surface area contributed by atoms with Gasteiger partial charge in [0.25, 0.3) is 0 Å². The van der Waals surface area contributed by atoms with Gasteiger partial charge < -0.3 is 0 Å². The summed E-state index contributed by atoms with van der Waals surface area (Å²) in [5, 5.41) is 2.20. The van der Waals surface area contributed by atoms with E-state index in [4.69, 9.17) is 0 Å². The van der Waals surface area contributed by atoms with Crippen molar-refractivity contribution in [2.24, 2.45) is 5.41 Å². The van der Waals surface area contributed by atoms with Gasteiger partial charge in [-0.2, -0.15) is 5.01 Å². The summed E-state index contributed by atoms with van der Waals surface area (Å²) in [6.07, 6.45) is 2.76. The van der Waals surface area contributed by atoms with Crippen LogP contribution in [0.25, 0.3) is 0 Å². The molecule has 2 heterocycles. The second kappa shape index (κ2) is 3.64. The Bertz CT molecular complexity index is 179. The molecule has 3 N–H and O–H groups in total. The number of alkyl halides is 1. The van der Waals surface area contributed by atoms with Crippen molar-refractivity contribution in [3.05, 3.63) is 0 Å². The SMILES string of the molecule is CC(I)N1CCC2(CC1)CN([NH3+])C2. The summed E-state index contributed by atoms with van der Waals surface area (Å²) >= 11 is 2.51. The number of likely N-dealkylation sites (tertiary alicyclic amines) is 1. The van der Waals surface area contributed by atoms with Crippen molar-refractivity contribution in [2.45, 2.75) is 23.8 Å². The van der Waals surface area contributed by atoms with Crippen LogP contribution < -0.4 is 5.84 Å². The largest absolute Gasteiger partial charge is 0.292 e. The van der Waals surface area contributed by atoms with Crippen LogP contribution in [0.1, 0.15) is 19.8 Å². The van der Waals surface area contributed by atoms with Gasteiger partial charge in [0.15, 0.2) is 0 Å². The second-order valence-electron chi connectivity index (χ2n) is 4.60. The van der Waals surface area contributed by atoms with Crippen LogP contribution in [0.4, 0.5) is 0 Å². The fourth-order valence-corrected chi connectivity index (χ4v) is 3.13. The summed E-state index contributed by atoms with van der Waals surface area (Å²) in [6.45, 7) is 7.33. The zero-order chi connectivity index (χ0) is 9.47. The molecular formula is C9H19IN3+. The van der Waals surface area contributed by atoms with Gasteiger partial charge in [0.2, 0.25) is 0 Å². The molecule has 3 nitrogen and oxygen atoms in total. The van der Waals surface area contributed by atoms with Crippen LogP contribution in [0.2, 0.25) is 0 Å². The van der Waals surface area contributed by atoms with E-state index < -0.39 is 0 Å². The van der Waals surface area contributed by atoms with E-state index in [1.54, 1.807) is 0 Å². The van der Waals surface area contributed by atoms with Gasteiger partial charge in [0.05, 0.1) is 17.1 Å². The number of rotatable bonds is 1. The minimum Gasteiger partial charge on any atom is -0.292 e. The van der Waals surface area contributed by atoms with Gasteiger partial charge in [-0.25, -0.2) is 0 Å². The number of nitrogens with zero attached hydrogens (tertiary/aromatic N) is 2. The van der Waals surface area contributed by atoms with Gasteiger partial charge in [0.1, 0.15) is 0 Å². The monoisotopic (exact) mass is 296 g/mol. The van der Waals surface area contributed by atoms with E-state index in [0.29, 0.717) is 9.46 Å². The van der Waals surface area contributed by atoms with Crippen molar-refractivity contribution in [1.29, 1.82) is 0 Å². The lowest BCUT2D eigenvalue weighted by Crippen LogP contribution is -2.79. The molecule has 0 aromatic rings. The smallest absolute Gasteiger partial charge is 0.0589 e. The van der Waals surface area contributed by atoms with Crippen LogP contribution in [0.15, 0.2) is 0 Å². The molecule has 2 aliphatic heterocycles. The number of piperidine rings is 1. The summed E-state index contributed by atoms with van der Waals surface area (Å²) in [5.74, 6) is 3.97. The third kappa shape index (κ3) is 2.00. The molecule has 1 unspecified atom stereocenters. The summed E-state index contributed by atoms with van der Waals surface area (Å²) in [7, 11) is 0. The zero-order valence-electron chi connectivity index (χ0n) is 8.30. The standard InChI is InChI=1S/C9H18IN3/c1-8(10)12-4-2-9(3-5-12)6-13(11)7-9/h8H,2-7,11H2,1H3/p+1. The second-order valence-corrected chi connectivity index (χ2v) is 6.40. The van der Waals surface area contributed by atoms with E-state index in [1.807, 2.05) is 0 Å². The van der Waals surface area contributed by atoms with Crippen LogP contribution in [0.3, 0.4) is 0 Å². The lowest BCUT2D eigenvalue weighted by atomic mass is 9.73. The van der Waals surface area contributed by atoms with Crippen molar-refractivity contribution in [1.82, 2.24) is 9.91 Å². The van der Waals surface area contributed by atoms with Gasteiger partial charge in [-0.1, -0.05) is 22.6 Å². The number of hydrogen-bond donors (Lipinski definition) is 1. The molecule has 2 fully saturated rings. The Balaban J connectivity index is 1.83. The predicted octanol–water partition coefficient (Wildman–Crippen LogP) is 0.322. The van der Waals surface area contributed by atoms with Gasteiger partial charge >= 0.3 is 0 Å². The third-order valence-corrected chi connectivity index (χ3v) is 4.27. The maximum absolute atomic E-state index is 3.97. The average molecular weight is 296 g/mol. The Morgan fingerprint density at radius 3 is 2.23 bits per heavy atom. The molecule has 0 aliphatic carbocycles. The highest BCUT2D eigenvalue weighted by molar-refractivity contribution is 14.1. The van der Waals surface area contributed by atoms with E-state index in [2.05, 4.69) is 45.3 Å². The van der Waals surface area contributed by atoms with Crippen molar-refractivity contribution in [2.75, 3.05) is 26.2 Å². The van der Waals surface area contributed by atoms with Crippen LogP contribution in [-0.2, 0) is 0 Å². The molecule has 1 spiro atoms. The fraction of sp³-hybridized carbons (Fsp3) is 1.00. The first-order valence-electron chi connectivity index (χ1n) is 5.05. The van der Waals surface area contributed by atoms with E-state index in [9.17, 15) is 0 Å². The molecule has 1 atom stereocenters. The van der Waals surface area contributed by atoms with Crippen molar-refractivity contribution >= 4 is 22.6 Å². The van der Waals surface area contributed by atoms with Crippen molar-refractivity contribution in [3.63, 3.8) is 0 Å². The van der Waals surface area contributed by atoms with Gasteiger partial charge in [-0.3, -0.25) is 10.7 Å². The lowest BCUT2D eigenvalue weighted by molar-refractivity contribution is -0.607. The molecule has 76 valence electrons. The van der Waals surface area contributed by atoms with Gasteiger partial charge in [-0.05, 0) is 32.9 Å². The highest BCUT2D eigenvalue weighted by Gasteiger charge is 2.45. The van der Waals surface area contributed by atoms with Gasteiger partial charge in [0, 0.05) is 5.41 Å². The molecule has 4 heteroatoms. The summed E-state index contributed by atoms with van der Waals surface area (Å²) in [6, 6.07) is 0. The molecule has 13 heavy (non-hydrogen) atoms. The summed E-state index contributed by atoms with van der Waals surface area (Å²) in [5.41, 5.74) is 0.657. The molecule has 0 radical (unpaired) electrons. The predicted molar refractivity (Wildman–Crippen MR) is 61.2 cm³/mol. The van der Waals surface area contributed by atoms with Gasteiger partial charge in [-0.15, -0.1) is 0 Å². The normalized spacial score (nSPS) is 31.6. The Labute approximate surface area is 93.7 Å². The summed E-state index contributed by atoms with van der Waals surface area (Å²) < 4.78 is 0.700. The van der Waals surface area contributed by atoms with E-state index in [-0.39, 0.29) is 0 Å². The van der Waals surface area contributed by atoms with Crippen LogP contribution in [0.5, 0.6) is 0 Å². The Morgan fingerprint density at radius 2 is 1.85 bits per heavy atom. The maximum atomic E-state index is 3.97. The van der Waals surface area contributed by atoms with Crippen LogP contribution in [0, 0.1) is 5.41 Å². The number of quaternary nitrogens is 1. The molecule has 0 aromatic heterocycles. The van der Waals surface area contributed by atoms with E-state index >= 15 is 0 Å². The van der Waals surface area contributed by atoms with Crippen LogP contribution >= 0.6 is 22.6 Å². The fourth-order valence-electron chi connectivity index (χ4n) is 2.57. The van der Waals surface area contributed by atoms with E-state index in [1.165, 1.54) is 39.0 Å². The third-order valence-electron chi connectivity index (χ3n) is 3.48. The summed E-state index contributed by atoms with van der Waals surface area (Å²) in [4.78, 5) is 2.58. The molecular weight excluding hydrogens is 277 g/mol. The quantitative estimate of drug-likeness (QED) is 0.430. The molecule has 2 rings (SSSR count). The number of halogens is 1. The topological polar surface area (TPSA) is 34.1 Å². The molecule has 0 aromatic carbocycles. The molecule has 0 saturated carbocycles. The first-order valence-corrected chi connectivity index (χ1v) is 6.29. The molecule has 0 bridgehead atoms. The molecule has 2 aliphatic rings. The first kappa shape index (κ1) is 10.1. The minimum atomic E-state index is 0.657. The van der Waals surface area contributed by atoms with Crippen LogP contribution in [-0.4, -0.2) is 40.1 Å². The lowest BCUT2D eigenvalue weighted by Gasteiger charge is -2.50. The molecule has 2 saturated heterocycles. The first-order chi connectivity index (χ1) is 6.11. The number of hydrogen-bond acceptors (Lipinski definition) is 2. The Hall–Kier alpha value is 0.610. The van der Waals surface area contributed by atoms with E-state index in [0.717, 1.165) is 0 Å². The zero-order valence-corrected chi connectivity index (χ0v) is 10.5. The molecule has 0 amide bonds. The maximum Gasteiger partial charge on any atom is 0.0589 e. The highest BCUT2D eigenvalue weighted by atomic mass is 127.